The highest BCUT2D eigenvalue weighted by Crippen LogP contribution is 2.37. The molecule has 3 aliphatic heterocycles. The molecule has 1 atom stereocenters. The van der Waals surface area contributed by atoms with Gasteiger partial charge >= 0.3 is 5.97 Å². The number of hydrogen-bond acceptors (Lipinski definition) is 6. The zero-order chi connectivity index (χ0) is 18.2. The molecule has 27 heavy (non-hydrogen) atoms. The number of fused-ring (bicyclic) bond motifs is 2. The lowest BCUT2D eigenvalue weighted by Gasteiger charge is -2.31. The zero-order valence-electron chi connectivity index (χ0n) is 15.1. The Morgan fingerprint density at radius 2 is 1.78 bits per heavy atom. The molecule has 0 bridgehead atoms. The molecular weight excluding hydrogens is 344 g/mol. The number of nitrogens with zero attached hydrogens (tertiary/aromatic N) is 1. The first-order valence-electron chi connectivity index (χ1n) is 9.47. The Labute approximate surface area is 158 Å². The van der Waals surface area contributed by atoms with Gasteiger partial charge in [-0.25, -0.2) is 4.79 Å². The number of piperazine rings is 1. The largest absolute Gasteiger partial charge is 0.486 e. The summed E-state index contributed by atoms with van der Waals surface area (Å²) < 4.78 is 17.0. The van der Waals surface area contributed by atoms with Crippen LogP contribution in [0.2, 0.25) is 0 Å². The van der Waals surface area contributed by atoms with Gasteiger partial charge in [-0.15, -0.1) is 0 Å². The molecule has 0 radical (unpaired) electrons. The van der Waals surface area contributed by atoms with Crippen LogP contribution in [0.4, 0.5) is 5.69 Å². The standard InChI is InChI=1S/C21H22N2O4/c24-21-17-13-16(23-7-5-22-6-8-23)3-1-14(17)11-19(27-21)15-2-4-18-20(12-15)26-10-9-25-18/h1-4,12-13,19,22H,5-11H2. The summed E-state index contributed by atoms with van der Waals surface area (Å²) in [6, 6.07) is 11.9. The highest BCUT2D eigenvalue weighted by Gasteiger charge is 2.29. The van der Waals surface area contributed by atoms with E-state index in [0.717, 1.165) is 54.5 Å². The van der Waals surface area contributed by atoms with Crippen LogP contribution in [0.25, 0.3) is 0 Å². The van der Waals surface area contributed by atoms with E-state index in [4.69, 9.17) is 14.2 Å². The lowest BCUT2D eigenvalue weighted by Crippen LogP contribution is -2.43. The first-order valence-corrected chi connectivity index (χ1v) is 9.47. The van der Waals surface area contributed by atoms with E-state index in [1.165, 1.54) is 0 Å². The van der Waals surface area contributed by atoms with Crippen LogP contribution in [0.5, 0.6) is 11.5 Å². The number of carbonyl (C=O) groups is 1. The van der Waals surface area contributed by atoms with Crippen LogP contribution in [0, 0.1) is 0 Å². The van der Waals surface area contributed by atoms with E-state index in [9.17, 15) is 4.79 Å². The summed E-state index contributed by atoms with van der Waals surface area (Å²) in [6.07, 6.45) is 0.369. The van der Waals surface area contributed by atoms with Crippen LogP contribution in [-0.2, 0) is 11.2 Å². The number of cyclic esters (lactones) is 1. The van der Waals surface area contributed by atoms with Gasteiger partial charge in [0, 0.05) is 38.3 Å². The van der Waals surface area contributed by atoms with Crippen molar-refractivity contribution in [2.24, 2.45) is 0 Å². The van der Waals surface area contributed by atoms with Crippen LogP contribution in [0.15, 0.2) is 36.4 Å². The predicted molar refractivity (Wildman–Crippen MR) is 101 cm³/mol. The minimum atomic E-state index is -0.300. The van der Waals surface area contributed by atoms with Gasteiger partial charge in [-0.2, -0.15) is 0 Å². The Morgan fingerprint density at radius 1 is 0.963 bits per heavy atom. The predicted octanol–water partition coefficient (Wildman–Crippen LogP) is 2.32. The molecule has 6 nitrogen and oxygen atoms in total. The highest BCUT2D eigenvalue weighted by molar-refractivity contribution is 5.93. The van der Waals surface area contributed by atoms with E-state index in [-0.39, 0.29) is 12.1 Å². The van der Waals surface area contributed by atoms with Gasteiger partial charge in [0.15, 0.2) is 11.5 Å². The maximum absolute atomic E-state index is 12.7. The Hall–Kier alpha value is -2.73. The minimum absolute atomic E-state index is 0.256. The fourth-order valence-corrected chi connectivity index (χ4v) is 3.93. The van der Waals surface area contributed by atoms with Gasteiger partial charge in [0.2, 0.25) is 0 Å². The van der Waals surface area contributed by atoms with Crippen LogP contribution >= 0.6 is 0 Å². The fraction of sp³-hybridized carbons (Fsp3) is 0.381. The first-order chi connectivity index (χ1) is 13.3. The second kappa shape index (κ2) is 6.78. The third kappa shape index (κ3) is 3.10. The number of hydrogen-bond donors (Lipinski definition) is 1. The molecule has 0 aromatic heterocycles. The normalized spacial score (nSPS) is 21.4. The third-order valence-corrected chi connectivity index (χ3v) is 5.39. The van der Waals surface area contributed by atoms with Crippen molar-refractivity contribution in [1.82, 2.24) is 5.32 Å². The minimum Gasteiger partial charge on any atom is -0.486 e. The number of rotatable bonds is 2. The summed E-state index contributed by atoms with van der Waals surface area (Å²) in [7, 11) is 0. The maximum atomic E-state index is 12.7. The van der Waals surface area contributed by atoms with Crippen molar-refractivity contribution < 1.29 is 19.0 Å². The van der Waals surface area contributed by atoms with Crippen LogP contribution < -0.4 is 19.7 Å². The lowest BCUT2D eigenvalue weighted by molar-refractivity contribution is 0.0251. The van der Waals surface area contributed by atoms with Gasteiger partial charge < -0.3 is 24.4 Å². The summed E-state index contributed by atoms with van der Waals surface area (Å²) >= 11 is 0. The number of anilines is 1. The molecule has 3 heterocycles. The number of esters is 1. The topological polar surface area (TPSA) is 60.0 Å². The van der Waals surface area contributed by atoms with Gasteiger partial charge in [0.25, 0.3) is 0 Å². The van der Waals surface area contributed by atoms with Gasteiger partial charge in [0.1, 0.15) is 19.3 Å². The average Bonchev–Trinajstić information content (AvgIpc) is 2.74. The molecule has 0 amide bonds. The second-order valence-corrected chi connectivity index (χ2v) is 7.08. The monoisotopic (exact) mass is 366 g/mol. The lowest BCUT2D eigenvalue weighted by atomic mass is 9.94. The molecule has 2 aromatic rings. The van der Waals surface area contributed by atoms with Crippen LogP contribution in [0.1, 0.15) is 27.6 Å². The molecule has 6 heteroatoms. The van der Waals surface area contributed by atoms with E-state index in [0.29, 0.717) is 25.2 Å². The summed E-state index contributed by atoms with van der Waals surface area (Å²) in [6.45, 7) is 4.94. The molecular formula is C21H22N2O4. The molecule has 0 saturated carbocycles. The smallest absolute Gasteiger partial charge is 0.339 e. The highest BCUT2D eigenvalue weighted by atomic mass is 16.6. The van der Waals surface area contributed by atoms with Crippen molar-refractivity contribution >= 4 is 11.7 Å². The maximum Gasteiger partial charge on any atom is 0.339 e. The van der Waals surface area contributed by atoms with Crippen molar-refractivity contribution in [3.05, 3.63) is 53.1 Å². The number of carbonyl (C=O) groups excluding carboxylic acids is 1. The molecule has 1 N–H and O–H groups in total. The molecule has 3 aliphatic rings. The second-order valence-electron chi connectivity index (χ2n) is 7.08. The van der Waals surface area contributed by atoms with Crippen molar-refractivity contribution in [2.45, 2.75) is 12.5 Å². The van der Waals surface area contributed by atoms with Gasteiger partial charge in [-0.3, -0.25) is 0 Å². The van der Waals surface area contributed by atoms with Gasteiger partial charge in [-0.05, 0) is 35.4 Å². The van der Waals surface area contributed by atoms with Crippen molar-refractivity contribution in [1.29, 1.82) is 0 Å². The fourth-order valence-electron chi connectivity index (χ4n) is 3.93. The Morgan fingerprint density at radius 3 is 2.63 bits per heavy atom. The van der Waals surface area contributed by atoms with E-state index >= 15 is 0 Å². The Bertz CT molecular complexity index is 876. The summed E-state index contributed by atoms with van der Waals surface area (Å²) in [4.78, 5) is 15.0. The molecule has 1 fully saturated rings. The molecule has 0 spiro atoms. The Balaban J connectivity index is 1.40. The van der Waals surface area contributed by atoms with E-state index < -0.39 is 0 Å². The summed E-state index contributed by atoms with van der Waals surface area (Å²) in [5.74, 6) is 1.20. The number of ether oxygens (including phenoxy) is 3. The van der Waals surface area contributed by atoms with Gasteiger partial charge in [-0.1, -0.05) is 12.1 Å². The molecule has 2 aromatic carbocycles. The Kier molecular flexibility index (Phi) is 4.13. The number of nitrogens with one attached hydrogen (secondary N) is 1. The molecule has 5 rings (SSSR count). The first kappa shape index (κ1) is 16.4. The van der Waals surface area contributed by atoms with E-state index in [1.54, 1.807) is 0 Å². The van der Waals surface area contributed by atoms with Crippen LogP contribution in [-0.4, -0.2) is 45.4 Å². The molecule has 0 aliphatic carbocycles. The summed E-state index contributed by atoms with van der Waals surface area (Å²) in [5.41, 5.74) is 3.74. The van der Waals surface area contributed by atoms with E-state index in [2.05, 4.69) is 22.3 Å². The van der Waals surface area contributed by atoms with Crippen molar-refractivity contribution in [2.75, 3.05) is 44.3 Å². The molecule has 1 saturated heterocycles. The SMILES string of the molecule is O=C1OC(c2ccc3c(c2)OCCO3)Cc2ccc(N3CCNCC3)cc21. The van der Waals surface area contributed by atoms with Crippen molar-refractivity contribution in [3.63, 3.8) is 0 Å². The number of benzene rings is 2. The third-order valence-electron chi connectivity index (χ3n) is 5.39. The quantitative estimate of drug-likeness (QED) is 0.824. The molecule has 1 unspecified atom stereocenters. The van der Waals surface area contributed by atoms with Crippen LogP contribution in [0.3, 0.4) is 0 Å². The molecule has 140 valence electrons. The average molecular weight is 366 g/mol. The van der Waals surface area contributed by atoms with Crippen molar-refractivity contribution in [3.8, 4) is 11.5 Å². The van der Waals surface area contributed by atoms with E-state index in [1.807, 2.05) is 24.3 Å². The summed E-state index contributed by atoms with van der Waals surface area (Å²) in [5, 5.41) is 3.35. The van der Waals surface area contributed by atoms with Gasteiger partial charge in [0.05, 0.1) is 5.56 Å². The zero-order valence-corrected chi connectivity index (χ0v) is 15.1.